The smallest absolute Gasteiger partial charge is 0.361 e. The molecule has 0 N–H and O–H groups in total. The molecule has 0 fully saturated rings. The van der Waals surface area contributed by atoms with E-state index in [0.29, 0.717) is 10.7 Å². The van der Waals surface area contributed by atoms with Gasteiger partial charge in [-0.25, -0.2) is 9.48 Å². The van der Waals surface area contributed by atoms with E-state index in [1.165, 1.54) is 0 Å². The second-order valence-electron chi connectivity index (χ2n) is 5.30. The third kappa shape index (κ3) is 3.64. The number of ether oxygens (including phenoxy) is 2. The highest BCUT2D eigenvalue weighted by atomic mass is 35.5. The number of carbonyl (C=O) groups is 1. The molecule has 6 nitrogen and oxygen atoms in total. The number of halogens is 1. The van der Waals surface area contributed by atoms with Crippen LogP contribution >= 0.6 is 11.6 Å². The molecule has 0 spiro atoms. The van der Waals surface area contributed by atoms with Gasteiger partial charge in [0.1, 0.15) is 12.4 Å². The highest BCUT2D eigenvalue weighted by molar-refractivity contribution is 6.31. The number of hydrogen-bond acceptors (Lipinski definition) is 5. The SMILES string of the molecule is COc1ccc(-n2nnc(C(=O)OCc3ccccc3Cl)c2C)cc1. The lowest BCUT2D eigenvalue weighted by Crippen LogP contribution is -2.08. The van der Waals surface area contributed by atoms with Gasteiger partial charge in [-0.15, -0.1) is 5.10 Å². The molecule has 0 aliphatic rings. The first-order valence-corrected chi connectivity index (χ1v) is 7.95. The van der Waals surface area contributed by atoms with Gasteiger partial charge in [0, 0.05) is 10.6 Å². The fourth-order valence-corrected chi connectivity index (χ4v) is 2.50. The second kappa shape index (κ2) is 7.36. The number of methoxy groups -OCH3 is 1. The molecule has 0 unspecified atom stereocenters. The van der Waals surface area contributed by atoms with Gasteiger partial charge in [-0.3, -0.25) is 0 Å². The first-order chi connectivity index (χ1) is 12.1. The van der Waals surface area contributed by atoms with Crippen LogP contribution in [0, 0.1) is 6.92 Å². The predicted octanol–water partition coefficient (Wildman–Crippen LogP) is 3.59. The van der Waals surface area contributed by atoms with Crippen LogP contribution in [0.2, 0.25) is 5.02 Å². The van der Waals surface area contributed by atoms with Gasteiger partial charge in [0.05, 0.1) is 18.5 Å². The summed E-state index contributed by atoms with van der Waals surface area (Å²) in [6, 6.07) is 14.5. The Hall–Kier alpha value is -2.86. The minimum atomic E-state index is -0.544. The van der Waals surface area contributed by atoms with Crippen molar-refractivity contribution >= 4 is 17.6 Å². The molecule has 0 aliphatic heterocycles. The Balaban J connectivity index is 1.75. The van der Waals surface area contributed by atoms with Gasteiger partial charge in [0.25, 0.3) is 0 Å². The zero-order valence-corrected chi connectivity index (χ0v) is 14.5. The Labute approximate surface area is 149 Å². The van der Waals surface area contributed by atoms with E-state index < -0.39 is 5.97 Å². The van der Waals surface area contributed by atoms with Crippen molar-refractivity contribution in [2.24, 2.45) is 0 Å². The van der Waals surface area contributed by atoms with Gasteiger partial charge < -0.3 is 9.47 Å². The van der Waals surface area contributed by atoms with E-state index in [9.17, 15) is 4.79 Å². The van der Waals surface area contributed by atoms with Gasteiger partial charge in [-0.2, -0.15) is 0 Å². The van der Waals surface area contributed by atoms with Crippen molar-refractivity contribution in [3.63, 3.8) is 0 Å². The lowest BCUT2D eigenvalue weighted by molar-refractivity contribution is 0.0465. The van der Waals surface area contributed by atoms with Crippen LogP contribution in [0.5, 0.6) is 5.75 Å². The molecule has 0 aliphatic carbocycles. The summed E-state index contributed by atoms with van der Waals surface area (Å²) in [6.45, 7) is 1.84. The maximum Gasteiger partial charge on any atom is 0.361 e. The molecule has 2 aromatic carbocycles. The summed E-state index contributed by atoms with van der Waals surface area (Å²) >= 11 is 6.06. The average Bonchev–Trinajstić information content (AvgIpc) is 3.02. The summed E-state index contributed by atoms with van der Waals surface area (Å²) < 4.78 is 12.0. The second-order valence-corrected chi connectivity index (χ2v) is 5.71. The van der Waals surface area contributed by atoms with Crippen LogP contribution in [-0.2, 0) is 11.3 Å². The number of rotatable bonds is 5. The molecule has 7 heteroatoms. The van der Waals surface area contributed by atoms with E-state index in [1.807, 2.05) is 36.4 Å². The maximum atomic E-state index is 12.3. The Bertz CT molecular complexity index is 891. The minimum absolute atomic E-state index is 0.0767. The van der Waals surface area contributed by atoms with Crippen molar-refractivity contribution < 1.29 is 14.3 Å². The van der Waals surface area contributed by atoms with E-state index in [0.717, 1.165) is 17.0 Å². The lowest BCUT2D eigenvalue weighted by atomic mass is 10.2. The average molecular weight is 358 g/mol. The summed E-state index contributed by atoms with van der Waals surface area (Å²) in [6.07, 6.45) is 0. The molecule has 0 saturated carbocycles. The summed E-state index contributed by atoms with van der Waals surface area (Å²) in [5.74, 6) is 0.193. The monoisotopic (exact) mass is 357 g/mol. The van der Waals surface area contributed by atoms with Crippen molar-refractivity contribution in [3.8, 4) is 11.4 Å². The molecular formula is C18H16ClN3O3. The third-order valence-corrected chi connectivity index (χ3v) is 4.09. The third-order valence-electron chi connectivity index (χ3n) is 3.72. The van der Waals surface area contributed by atoms with Gasteiger partial charge in [-0.05, 0) is 37.3 Å². The summed E-state index contributed by atoms with van der Waals surface area (Å²) in [4.78, 5) is 12.3. The zero-order chi connectivity index (χ0) is 17.8. The molecule has 25 heavy (non-hydrogen) atoms. The van der Waals surface area contributed by atoms with Crippen molar-refractivity contribution in [1.82, 2.24) is 15.0 Å². The number of nitrogens with zero attached hydrogens (tertiary/aromatic N) is 3. The molecule has 1 heterocycles. The molecule has 128 valence electrons. The number of aromatic nitrogens is 3. The first-order valence-electron chi connectivity index (χ1n) is 7.57. The standard InChI is InChI=1S/C18H16ClN3O3/c1-12-17(18(23)25-11-13-5-3-4-6-16(13)19)20-21-22(12)14-7-9-15(24-2)10-8-14/h3-10H,11H2,1-2H3. The minimum Gasteiger partial charge on any atom is -0.497 e. The normalized spacial score (nSPS) is 10.5. The van der Waals surface area contributed by atoms with Gasteiger partial charge >= 0.3 is 5.97 Å². The highest BCUT2D eigenvalue weighted by Crippen LogP contribution is 2.19. The molecule has 1 aromatic heterocycles. The van der Waals surface area contributed by atoms with Crippen LogP contribution in [0.4, 0.5) is 0 Å². The van der Waals surface area contributed by atoms with Crippen molar-refractivity contribution in [2.75, 3.05) is 7.11 Å². The number of hydrogen-bond donors (Lipinski definition) is 0. The van der Waals surface area contributed by atoms with Crippen LogP contribution in [-0.4, -0.2) is 28.1 Å². The number of carbonyl (C=O) groups excluding carboxylic acids is 1. The molecular weight excluding hydrogens is 342 g/mol. The predicted molar refractivity (Wildman–Crippen MR) is 93.2 cm³/mol. The van der Waals surface area contributed by atoms with Crippen molar-refractivity contribution in [2.45, 2.75) is 13.5 Å². The molecule has 0 radical (unpaired) electrons. The topological polar surface area (TPSA) is 66.2 Å². The molecule has 0 bridgehead atoms. The van der Waals surface area contributed by atoms with E-state index in [-0.39, 0.29) is 12.3 Å². The lowest BCUT2D eigenvalue weighted by Gasteiger charge is -2.06. The number of benzene rings is 2. The zero-order valence-electron chi connectivity index (χ0n) is 13.8. The van der Waals surface area contributed by atoms with Crippen molar-refractivity contribution in [1.29, 1.82) is 0 Å². The van der Waals surface area contributed by atoms with E-state index >= 15 is 0 Å². The van der Waals surface area contributed by atoms with E-state index in [4.69, 9.17) is 21.1 Å². The fraction of sp³-hybridized carbons (Fsp3) is 0.167. The van der Waals surface area contributed by atoms with Crippen LogP contribution in [0.25, 0.3) is 5.69 Å². The molecule has 0 saturated heterocycles. The van der Waals surface area contributed by atoms with Crippen LogP contribution < -0.4 is 4.74 Å². The summed E-state index contributed by atoms with van der Waals surface area (Å²) in [7, 11) is 1.60. The fourth-order valence-electron chi connectivity index (χ4n) is 2.31. The summed E-state index contributed by atoms with van der Waals surface area (Å²) in [5, 5.41) is 8.53. The summed E-state index contributed by atoms with van der Waals surface area (Å²) in [5.41, 5.74) is 2.27. The van der Waals surface area contributed by atoms with Crippen LogP contribution in [0.3, 0.4) is 0 Å². The molecule has 0 amide bonds. The quantitative estimate of drug-likeness (QED) is 0.653. The van der Waals surface area contributed by atoms with Crippen LogP contribution in [0.15, 0.2) is 48.5 Å². The number of esters is 1. The Morgan fingerprint density at radius 1 is 1.16 bits per heavy atom. The van der Waals surface area contributed by atoms with Gasteiger partial charge in [-0.1, -0.05) is 35.0 Å². The van der Waals surface area contributed by atoms with Crippen LogP contribution in [0.1, 0.15) is 21.7 Å². The Kier molecular flexibility index (Phi) is 5.00. The first kappa shape index (κ1) is 17.0. The molecule has 3 aromatic rings. The maximum absolute atomic E-state index is 12.3. The Morgan fingerprint density at radius 2 is 1.88 bits per heavy atom. The van der Waals surface area contributed by atoms with Crippen molar-refractivity contribution in [3.05, 3.63) is 70.5 Å². The highest BCUT2D eigenvalue weighted by Gasteiger charge is 2.19. The van der Waals surface area contributed by atoms with E-state index in [2.05, 4.69) is 10.3 Å². The molecule has 3 rings (SSSR count). The van der Waals surface area contributed by atoms with Gasteiger partial charge in [0.15, 0.2) is 5.69 Å². The molecule has 0 atom stereocenters. The van der Waals surface area contributed by atoms with E-state index in [1.54, 1.807) is 30.8 Å². The Morgan fingerprint density at radius 3 is 2.56 bits per heavy atom. The van der Waals surface area contributed by atoms with Gasteiger partial charge in [0.2, 0.25) is 0 Å². The largest absolute Gasteiger partial charge is 0.497 e.